The SMILES string of the molecule is O=C(Cc1ccc(Br)c2ccccc12)N/N=C/c1ccco1. The molecular formula is C17H13BrN2O2. The van der Waals surface area contributed by atoms with Crippen molar-refractivity contribution in [2.45, 2.75) is 6.42 Å². The zero-order valence-electron chi connectivity index (χ0n) is 11.6. The number of halogens is 1. The molecule has 3 aromatic rings. The molecule has 22 heavy (non-hydrogen) atoms. The fourth-order valence-corrected chi connectivity index (χ4v) is 2.70. The molecule has 0 spiro atoms. The van der Waals surface area contributed by atoms with Gasteiger partial charge >= 0.3 is 0 Å². The average molecular weight is 357 g/mol. The normalized spacial score (nSPS) is 11.1. The van der Waals surface area contributed by atoms with E-state index in [-0.39, 0.29) is 12.3 Å². The van der Waals surface area contributed by atoms with Crippen LogP contribution in [-0.4, -0.2) is 12.1 Å². The molecule has 1 aromatic heterocycles. The molecule has 4 nitrogen and oxygen atoms in total. The highest BCUT2D eigenvalue weighted by atomic mass is 79.9. The minimum atomic E-state index is -0.171. The van der Waals surface area contributed by atoms with Crippen LogP contribution in [0.5, 0.6) is 0 Å². The Kier molecular flexibility index (Phi) is 4.34. The Morgan fingerprint density at radius 2 is 1.95 bits per heavy atom. The van der Waals surface area contributed by atoms with Gasteiger partial charge in [0.15, 0.2) is 0 Å². The topological polar surface area (TPSA) is 54.6 Å². The van der Waals surface area contributed by atoms with Gasteiger partial charge in [0.25, 0.3) is 0 Å². The lowest BCUT2D eigenvalue weighted by molar-refractivity contribution is -0.120. The second-order valence-electron chi connectivity index (χ2n) is 4.74. The van der Waals surface area contributed by atoms with Gasteiger partial charge in [0, 0.05) is 4.47 Å². The first-order valence-electron chi connectivity index (χ1n) is 6.75. The van der Waals surface area contributed by atoms with E-state index in [2.05, 4.69) is 26.5 Å². The highest BCUT2D eigenvalue weighted by Crippen LogP contribution is 2.27. The molecule has 1 amide bonds. The van der Waals surface area contributed by atoms with Crippen molar-refractivity contribution in [1.29, 1.82) is 0 Å². The van der Waals surface area contributed by atoms with E-state index in [0.717, 1.165) is 20.8 Å². The number of carbonyl (C=O) groups excluding carboxylic acids is 1. The minimum Gasteiger partial charge on any atom is -0.463 e. The number of rotatable bonds is 4. The molecule has 0 atom stereocenters. The van der Waals surface area contributed by atoms with Gasteiger partial charge in [-0.05, 0) is 34.5 Å². The van der Waals surface area contributed by atoms with Crippen LogP contribution in [0.15, 0.2) is 68.8 Å². The van der Waals surface area contributed by atoms with Gasteiger partial charge in [0.2, 0.25) is 5.91 Å². The van der Waals surface area contributed by atoms with Gasteiger partial charge in [-0.2, -0.15) is 5.10 Å². The predicted molar refractivity (Wildman–Crippen MR) is 89.8 cm³/mol. The Bertz CT molecular complexity index is 826. The Morgan fingerprint density at radius 1 is 1.14 bits per heavy atom. The molecule has 110 valence electrons. The zero-order chi connectivity index (χ0) is 15.4. The summed E-state index contributed by atoms with van der Waals surface area (Å²) in [5.74, 6) is 0.421. The lowest BCUT2D eigenvalue weighted by Gasteiger charge is -2.07. The monoisotopic (exact) mass is 356 g/mol. The van der Waals surface area contributed by atoms with Gasteiger partial charge < -0.3 is 4.42 Å². The first-order chi connectivity index (χ1) is 10.7. The number of hydrazone groups is 1. The Balaban J connectivity index is 1.73. The third kappa shape index (κ3) is 3.26. The molecule has 1 heterocycles. The van der Waals surface area contributed by atoms with E-state index >= 15 is 0 Å². The van der Waals surface area contributed by atoms with Crippen LogP contribution in [0.4, 0.5) is 0 Å². The van der Waals surface area contributed by atoms with Crippen LogP contribution >= 0.6 is 15.9 Å². The summed E-state index contributed by atoms with van der Waals surface area (Å²) in [7, 11) is 0. The van der Waals surface area contributed by atoms with Crippen molar-refractivity contribution in [3.05, 3.63) is 70.6 Å². The summed E-state index contributed by atoms with van der Waals surface area (Å²) >= 11 is 3.53. The standard InChI is InChI=1S/C17H13BrN2O2/c18-16-8-7-12(14-5-1-2-6-15(14)16)10-17(21)20-19-11-13-4-3-9-22-13/h1-9,11H,10H2,(H,20,21)/b19-11+. The second kappa shape index (κ2) is 6.58. The van der Waals surface area contributed by atoms with E-state index in [1.165, 1.54) is 6.21 Å². The van der Waals surface area contributed by atoms with Crippen molar-refractivity contribution in [1.82, 2.24) is 5.43 Å². The molecule has 0 aliphatic heterocycles. The van der Waals surface area contributed by atoms with E-state index in [1.54, 1.807) is 18.4 Å². The van der Waals surface area contributed by atoms with E-state index in [9.17, 15) is 4.79 Å². The van der Waals surface area contributed by atoms with Crippen molar-refractivity contribution >= 4 is 38.8 Å². The third-order valence-electron chi connectivity index (χ3n) is 3.24. The number of carbonyl (C=O) groups is 1. The van der Waals surface area contributed by atoms with Crippen LogP contribution in [0, 0.1) is 0 Å². The first-order valence-corrected chi connectivity index (χ1v) is 7.55. The van der Waals surface area contributed by atoms with Crippen molar-refractivity contribution < 1.29 is 9.21 Å². The molecule has 0 fully saturated rings. The fraction of sp³-hybridized carbons (Fsp3) is 0.0588. The van der Waals surface area contributed by atoms with E-state index in [4.69, 9.17) is 4.42 Å². The van der Waals surface area contributed by atoms with Gasteiger partial charge in [-0.15, -0.1) is 0 Å². The largest absolute Gasteiger partial charge is 0.463 e. The average Bonchev–Trinajstić information content (AvgIpc) is 3.04. The molecule has 1 N–H and O–H groups in total. The van der Waals surface area contributed by atoms with Gasteiger partial charge in [0.05, 0.1) is 18.9 Å². The smallest absolute Gasteiger partial charge is 0.244 e. The summed E-state index contributed by atoms with van der Waals surface area (Å²) in [4.78, 5) is 12.0. The lowest BCUT2D eigenvalue weighted by atomic mass is 10.0. The Hall–Kier alpha value is -2.40. The number of amides is 1. The van der Waals surface area contributed by atoms with Crippen LogP contribution in [0.1, 0.15) is 11.3 Å². The summed E-state index contributed by atoms with van der Waals surface area (Å²) in [5, 5.41) is 6.03. The minimum absolute atomic E-state index is 0.171. The highest BCUT2D eigenvalue weighted by molar-refractivity contribution is 9.10. The summed E-state index contributed by atoms with van der Waals surface area (Å²) in [6, 6.07) is 15.4. The number of hydrogen-bond donors (Lipinski definition) is 1. The summed E-state index contributed by atoms with van der Waals surface area (Å²) < 4.78 is 6.12. The first kappa shape index (κ1) is 14.5. The Morgan fingerprint density at radius 3 is 2.73 bits per heavy atom. The molecular weight excluding hydrogens is 344 g/mol. The van der Waals surface area contributed by atoms with Gasteiger partial charge in [-0.25, -0.2) is 5.43 Å². The zero-order valence-corrected chi connectivity index (χ0v) is 13.2. The number of benzene rings is 2. The molecule has 3 rings (SSSR count). The van der Waals surface area contributed by atoms with Crippen molar-refractivity contribution in [3.8, 4) is 0 Å². The van der Waals surface area contributed by atoms with Gasteiger partial charge in [-0.3, -0.25) is 4.79 Å². The van der Waals surface area contributed by atoms with Crippen LogP contribution in [0.3, 0.4) is 0 Å². The van der Waals surface area contributed by atoms with Crippen LogP contribution in [0.25, 0.3) is 10.8 Å². The maximum atomic E-state index is 12.0. The Labute approximate surface area is 136 Å². The maximum absolute atomic E-state index is 12.0. The molecule has 0 bridgehead atoms. The summed E-state index contributed by atoms with van der Waals surface area (Å²) in [6.45, 7) is 0. The quantitative estimate of drug-likeness (QED) is 0.569. The van der Waals surface area contributed by atoms with E-state index < -0.39 is 0 Å². The number of nitrogens with one attached hydrogen (secondary N) is 1. The highest BCUT2D eigenvalue weighted by Gasteiger charge is 2.08. The second-order valence-corrected chi connectivity index (χ2v) is 5.59. The number of fused-ring (bicyclic) bond motifs is 1. The fourth-order valence-electron chi connectivity index (χ4n) is 2.22. The third-order valence-corrected chi connectivity index (χ3v) is 3.93. The molecule has 0 saturated heterocycles. The van der Waals surface area contributed by atoms with Crippen LogP contribution in [0.2, 0.25) is 0 Å². The molecule has 0 saturated carbocycles. The van der Waals surface area contributed by atoms with E-state index in [1.807, 2.05) is 36.4 Å². The summed E-state index contributed by atoms with van der Waals surface area (Å²) in [5.41, 5.74) is 3.47. The maximum Gasteiger partial charge on any atom is 0.244 e. The number of nitrogens with zero attached hydrogens (tertiary/aromatic N) is 1. The molecule has 0 radical (unpaired) electrons. The van der Waals surface area contributed by atoms with Gasteiger partial charge in [-0.1, -0.05) is 46.3 Å². The lowest BCUT2D eigenvalue weighted by Crippen LogP contribution is -2.19. The molecule has 0 unspecified atom stereocenters. The number of hydrogen-bond acceptors (Lipinski definition) is 3. The van der Waals surface area contributed by atoms with Crippen molar-refractivity contribution in [3.63, 3.8) is 0 Å². The predicted octanol–water partition coefficient (Wildman–Crippen LogP) is 3.89. The van der Waals surface area contributed by atoms with Gasteiger partial charge in [0.1, 0.15) is 5.76 Å². The van der Waals surface area contributed by atoms with Crippen molar-refractivity contribution in [2.24, 2.45) is 5.10 Å². The van der Waals surface area contributed by atoms with Crippen LogP contribution < -0.4 is 5.43 Å². The van der Waals surface area contributed by atoms with E-state index in [0.29, 0.717) is 5.76 Å². The van der Waals surface area contributed by atoms with Crippen molar-refractivity contribution in [2.75, 3.05) is 0 Å². The number of furan rings is 1. The molecule has 2 aromatic carbocycles. The molecule has 5 heteroatoms. The molecule has 0 aliphatic carbocycles. The van der Waals surface area contributed by atoms with Crippen LogP contribution in [-0.2, 0) is 11.2 Å². The molecule has 0 aliphatic rings. The summed E-state index contributed by atoms with van der Waals surface area (Å²) in [6.07, 6.45) is 3.29.